The molecule has 0 N–H and O–H groups in total. The third-order valence-corrected chi connectivity index (χ3v) is 4.87. The quantitative estimate of drug-likeness (QED) is 0.735. The van der Waals surface area contributed by atoms with E-state index < -0.39 is 0 Å². The van der Waals surface area contributed by atoms with Crippen LogP contribution in [-0.4, -0.2) is 9.52 Å². The Bertz CT molecular complexity index is 506. The second-order valence-electron chi connectivity index (χ2n) is 6.10. The third kappa shape index (κ3) is 3.81. The van der Waals surface area contributed by atoms with E-state index in [2.05, 4.69) is 82.3 Å². The van der Waals surface area contributed by atoms with Gasteiger partial charge in [0.1, 0.15) is 0 Å². The van der Waals surface area contributed by atoms with E-state index in [0.29, 0.717) is 5.54 Å². The van der Waals surface area contributed by atoms with Gasteiger partial charge in [0, 0.05) is 0 Å². The largest absolute Gasteiger partial charge is 0.0887 e. The minimum atomic E-state index is 0.240. The zero-order valence-electron chi connectivity index (χ0n) is 12.3. The summed E-state index contributed by atoms with van der Waals surface area (Å²) in [6.07, 6.45) is 0. The van der Waals surface area contributed by atoms with Crippen LogP contribution in [0, 0.1) is 0 Å². The van der Waals surface area contributed by atoms with Crippen molar-refractivity contribution in [1.82, 2.24) is 0 Å². The lowest BCUT2D eigenvalue weighted by Gasteiger charge is -2.20. The fourth-order valence-electron chi connectivity index (χ4n) is 2.14. The zero-order valence-corrected chi connectivity index (χ0v) is 13.3. The van der Waals surface area contributed by atoms with Crippen LogP contribution in [0.1, 0.15) is 44.4 Å². The summed E-state index contributed by atoms with van der Waals surface area (Å²) in [4.78, 5) is 0. The molecular weight excluding hydrogens is 244 g/mol. The fourth-order valence-corrected chi connectivity index (χ4v) is 3.38. The smallest absolute Gasteiger partial charge is 0.0636 e. The Morgan fingerprint density at radius 1 is 0.842 bits per heavy atom. The Kier molecular flexibility index (Phi) is 4.26. The Labute approximate surface area is 119 Å². The van der Waals surface area contributed by atoms with Crippen LogP contribution in [-0.2, 0) is 5.41 Å². The molecule has 1 unspecified atom stereocenters. The minimum absolute atomic E-state index is 0.240. The number of hydrogen-bond donors (Lipinski definition) is 0. The van der Waals surface area contributed by atoms with Crippen molar-refractivity contribution >= 4 is 14.7 Å². The summed E-state index contributed by atoms with van der Waals surface area (Å²) in [5, 5.41) is 1.44. The van der Waals surface area contributed by atoms with Crippen molar-refractivity contribution in [3.8, 4) is 0 Å². The molecule has 0 fully saturated rings. The topological polar surface area (TPSA) is 0 Å². The van der Waals surface area contributed by atoms with E-state index in [1.807, 2.05) is 0 Å². The molecule has 0 nitrogen and oxygen atoms in total. The standard InChI is InChI=1S/C18H22Si/c1-14(19-17-8-6-5-7-9-17)15-10-12-16(13-11-15)18(2,3)4/h5-14H,1-4H3. The number of hydrogen-bond acceptors (Lipinski definition) is 0. The maximum atomic E-state index is 2.32. The second kappa shape index (κ2) is 5.75. The summed E-state index contributed by atoms with van der Waals surface area (Å²) < 4.78 is 0. The molecule has 1 atom stereocenters. The monoisotopic (exact) mass is 266 g/mol. The first-order chi connectivity index (χ1) is 8.97. The lowest BCUT2D eigenvalue weighted by atomic mass is 9.86. The minimum Gasteiger partial charge on any atom is -0.0636 e. The zero-order chi connectivity index (χ0) is 13.9. The average Bonchev–Trinajstić information content (AvgIpc) is 2.39. The molecule has 0 heterocycles. The van der Waals surface area contributed by atoms with E-state index in [1.54, 1.807) is 0 Å². The first-order valence-corrected chi connectivity index (χ1v) is 7.96. The molecule has 98 valence electrons. The molecule has 0 aromatic heterocycles. The first kappa shape index (κ1) is 14.1. The highest BCUT2D eigenvalue weighted by Gasteiger charge is 2.14. The molecular formula is C18H22Si. The maximum absolute atomic E-state index is 2.32. The maximum Gasteiger partial charge on any atom is 0.0887 e. The van der Waals surface area contributed by atoms with Gasteiger partial charge in [0.2, 0.25) is 0 Å². The Balaban J connectivity index is 2.10. The third-order valence-electron chi connectivity index (χ3n) is 3.43. The van der Waals surface area contributed by atoms with Crippen LogP contribution < -0.4 is 5.19 Å². The molecule has 0 aliphatic rings. The van der Waals surface area contributed by atoms with Crippen molar-refractivity contribution in [2.24, 2.45) is 0 Å². The van der Waals surface area contributed by atoms with E-state index in [0.717, 1.165) is 9.52 Å². The fraction of sp³-hybridized carbons (Fsp3) is 0.333. The van der Waals surface area contributed by atoms with Crippen LogP contribution in [0.2, 0.25) is 0 Å². The van der Waals surface area contributed by atoms with Gasteiger partial charge in [-0.25, -0.2) is 0 Å². The van der Waals surface area contributed by atoms with Crippen molar-refractivity contribution in [2.45, 2.75) is 38.7 Å². The van der Waals surface area contributed by atoms with E-state index in [4.69, 9.17) is 0 Å². The van der Waals surface area contributed by atoms with E-state index in [-0.39, 0.29) is 5.41 Å². The molecule has 0 aliphatic carbocycles. The lowest BCUT2D eigenvalue weighted by molar-refractivity contribution is 0.590. The first-order valence-electron chi connectivity index (χ1n) is 6.89. The van der Waals surface area contributed by atoms with Gasteiger partial charge in [0.25, 0.3) is 0 Å². The summed E-state index contributed by atoms with van der Waals surface area (Å²) in [5.74, 6) is 0. The highest BCUT2D eigenvalue weighted by atomic mass is 28.2. The van der Waals surface area contributed by atoms with Crippen molar-refractivity contribution in [3.05, 3.63) is 65.7 Å². The highest BCUT2D eigenvalue weighted by molar-refractivity contribution is 6.54. The molecule has 0 amide bonds. The van der Waals surface area contributed by atoms with Gasteiger partial charge < -0.3 is 0 Å². The van der Waals surface area contributed by atoms with Crippen LogP contribution in [0.5, 0.6) is 0 Å². The summed E-state index contributed by atoms with van der Waals surface area (Å²) in [6, 6.07) is 19.9. The van der Waals surface area contributed by atoms with Gasteiger partial charge in [0.15, 0.2) is 0 Å². The molecule has 2 radical (unpaired) electrons. The van der Waals surface area contributed by atoms with Crippen LogP contribution >= 0.6 is 0 Å². The van der Waals surface area contributed by atoms with Gasteiger partial charge in [-0.05, 0) is 22.1 Å². The number of rotatable bonds is 3. The average molecular weight is 266 g/mol. The Morgan fingerprint density at radius 3 is 1.95 bits per heavy atom. The second-order valence-corrected chi connectivity index (χ2v) is 7.84. The van der Waals surface area contributed by atoms with Crippen molar-refractivity contribution in [3.63, 3.8) is 0 Å². The summed E-state index contributed by atoms with van der Waals surface area (Å²) in [6.45, 7) is 9.10. The van der Waals surface area contributed by atoms with Gasteiger partial charge in [-0.3, -0.25) is 0 Å². The molecule has 0 bridgehead atoms. The molecule has 0 aliphatic heterocycles. The molecule has 2 rings (SSSR count). The van der Waals surface area contributed by atoms with Crippen LogP contribution in [0.4, 0.5) is 0 Å². The number of benzene rings is 2. The van der Waals surface area contributed by atoms with Crippen molar-refractivity contribution < 1.29 is 0 Å². The van der Waals surface area contributed by atoms with Gasteiger partial charge >= 0.3 is 0 Å². The SMILES string of the molecule is CC([Si]c1ccccc1)c1ccc(C(C)(C)C)cc1. The van der Waals surface area contributed by atoms with E-state index in [9.17, 15) is 0 Å². The molecule has 1 heteroatoms. The van der Waals surface area contributed by atoms with Gasteiger partial charge in [-0.15, -0.1) is 0 Å². The van der Waals surface area contributed by atoms with Crippen molar-refractivity contribution in [2.75, 3.05) is 0 Å². The van der Waals surface area contributed by atoms with Crippen LogP contribution in [0.25, 0.3) is 0 Å². The predicted molar refractivity (Wildman–Crippen MR) is 85.4 cm³/mol. The van der Waals surface area contributed by atoms with Crippen LogP contribution in [0.3, 0.4) is 0 Å². The molecule has 19 heavy (non-hydrogen) atoms. The molecule has 2 aromatic carbocycles. The molecule has 2 aromatic rings. The summed E-state index contributed by atoms with van der Waals surface area (Å²) in [7, 11) is 0.839. The molecule has 0 spiro atoms. The highest BCUT2D eigenvalue weighted by Crippen LogP contribution is 2.24. The summed E-state index contributed by atoms with van der Waals surface area (Å²) >= 11 is 0. The Morgan fingerprint density at radius 2 is 1.42 bits per heavy atom. The van der Waals surface area contributed by atoms with Gasteiger partial charge in [-0.1, -0.05) is 87.5 Å². The van der Waals surface area contributed by atoms with Gasteiger partial charge in [0.05, 0.1) is 9.52 Å². The van der Waals surface area contributed by atoms with Gasteiger partial charge in [-0.2, -0.15) is 0 Å². The lowest BCUT2D eigenvalue weighted by Crippen LogP contribution is -2.20. The normalized spacial score (nSPS) is 13.3. The molecule has 0 saturated carbocycles. The van der Waals surface area contributed by atoms with Crippen molar-refractivity contribution in [1.29, 1.82) is 0 Å². The summed E-state index contributed by atoms with van der Waals surface area (Å²) in [5.41, 5.74) is 3.68. The van der Waals surface area contributed by atoms with Crippen LogP contribution in [0.15, 0.2) is 54.6 Å². The Hall–Kier alpha value is -1.34. The molecule has 0 saturated heterocycles. The van der Waals surface area contributed by atoms with E-state index >= 15 is 0 Å². The predicted octanol–water partition coefficient (Wildman–Crippen LogP) is 4.07. The van der Waals surface area contributed by atoms with E-state index in [1.165, 1.54) is 16.3 Å².